The van der Waals surface area contributed by atoms with Crippen molar-refractivity contribution in [2.45, 2.75) is 17.4 Å². The molecule has 1 amide bonds. The third-order valence-corrected chi connectivity index (χ3v) is 4.85. The molecule has 2 aromatic rings. The summed E-state index contributed by atoms with van der Waals surface area (Å²) in [4.78, 5) is 10.1. The minimum atomic E-state index is -9.84. The number of carbonyl (C=O) groups excluding carboxylic acids is 1. The zero-order chi connectivity index (χ0) is 22.0. The average molecular weight is 431 g/mol. The summed E-state index contributed by atoms with van der Waals surface area (Å²) < 4.78 is 69.1. The lowest BCUT2D eigenvalue weighted by Crippen LogP contribution is -2.49. The summed E-state index contributed by atoms with van der Waals surface area (Å²) in [7, 11) is -9.84. The highest BCUT2D eigenvalue weighted by atomic mass is 32.5. The number of rotatable bonds is 6. The number of nitrogens with zero attached hydrogens (tertiary/aromatic N) is 2. The molecule has 2 aromatic carbocycles. The predicted octanol–water partition coefficient (Wildman–Crippen LogP) is 5.31. The molecule has 11 heteroatoms. The van der Waals surface area contributed by atoms with Gasteiger partial charge in [-0.1, -0.05) is 25.5 Å². The van der Waals surface area contributed by atoms with Gasteiger partial charge < -0.3 is 10.1 Å². The number of carbonyl (C=O) groups is 1. The Bertz CT molecular complexity index is 1030. The van der Waals surface area contributed by atoms with Gasteiger partial charge in [0, 0.05) is 5.56 Å². The molecule has 0 saturated carbocycles. The molecule has 0 fully saturated rings. The fourth-order valence-corrected chi connectivity index (χ4v) is 2.82. The molecule has 0 radical (unpaired) electrons. The van der Waals surface area contributed by atoms with Gasteiger partial charge in [0.2, 0.25) is 0 Å². The third kappa shape index (κ3) is 5.83. The first kappa shape index (κ1) is 22.0. The van der Waals surface area contributed by atoms with Gasteiger partial charge in [-0.2, -0.15) is 10.5 Å². The summed E-state index contributed by atoms with van der Waals surface area (Å²) in [5.74, 6) is -0.683. The van der Waals surface area contributed by atoms with Gasteiger partial charge in [-0.05, 0) is 49.4 Å². The van der Waals surface area contributed by atoms with Crippen molar-refractivity contribution in [2.75, 3.05) is 6.61 Å². The van der Waals surface area contributed by atoms with E-state index in [1.54, 1.807) is 6.07 Å². The van der Waals surface area contributed by atoms with Gasteiger partial charge in [0.15, 0.2) is 5.54 Å². The highest BCUT2D eigenvalue weighted by molar-refractivity contribution is 8.45. The predicted molar refractivity (Wildman–Crippen MR) is 96.0 cm³/mol. The van der Waals surface area contributed by atoms with Crippen LogP contribution in [0.5, 0.6) is 5.75 Å². The molecule has 5 nitrogen and oxygen atoms in total. The van der Waals surface area contributed by atoms with E-state index in [0.717, 1.165) is 0 Å². The largest absolute Gasteiger partial charge is 0.490 e. The van der Waals surface area contributed by atoms with Gasteiger partial charge in [-0.3, -0.25) is 4.79 Å². The van der Waals surface area contributed by atoms with Crippen molar-refractivity contribution in [2.24, 2.45) is 0 Å². The standard InChI is InChI=1S/C18H14F5N3O2S/c1-18(11-25,12-28-15-4-2-3-13(9-15)10-24)26-17(27)14-5-7-16(8-6-14)29(19,20,21,22)23/h2-9H,12H2,1H3,(H,26,27). The van der Waals surface area contributed by atoms with Crippen molar-refractivity contribution < 1.29 is 29.0 Å². The van der Waals surface area contributed by atoms with Gasteiger partial charge in [-0.15, -0.1) is 0 Å². The van der Waals surface area contributed by atoms with Crippen molar-refractivity contribution in [1.82, 2.24) is 5.32 Å². The van der Waals surface area contributed by atoms with Crippen LogP contribution in [-0.4, -0.2) is 18.1 Å². The van der Waals surface area contributed by atoms with Crippen LogP contribution in [0.3, 0.4) is 0 Å². The van der Waals surface area contributed by atoms with Gasteiger partial charge in [-0.25, -0.2) is 0 Å². The highest BCUT2D eigenvalue weighted by Gasteiger charge is 2.65. The second-order valence-corrected chi connectivity index (χ2v) is 8.73. The molecule has 1 N–H and O–H groups in total. The molecule has 29 heavy (non-hydrogen) atoms. The van der Waals surface area contributed by atoms with Crippen LogP contribution >= 0.6 is 10.2 Å². The molecule has 0 saturated heterocycles. The average Bonchev–Trinajstić information content (AvgIpc) is 2.65. The van der Waals surface area contributed by atoms with Crippen LogP contribution in [0.4, 0.5) is 19.4 Å². The van der Waals surface area contributed by atoms with Crippen molar-refractivity contribution in [3.8, 4) is 17.9 Å². The number of hydrogen-bond donors (Lipinski definition) is 1. The summed E-state index contributed by atoms with van der Waals surface area (Å²) in [6.07, 6.45) is 0. The number of hydrogen-bond acceptors (Lipinski definition) is 4. The monoisotopic (exact) mass is 431 g/mol. The quantitative estimate of drug-likeness (QED) is 0.629. The fraction of sp³-hybridized carbons (Fsp3) is 0.167. The zero-order valence-corrected chi connectivity index (χ0v) is 15.7. The molecule has 0 aliphatic carbocycles. The minimum Gasteiger partial charge on any atom is -0.490 e. The molecule has 0 aliphatic heterocycles. The second kappa shape index (κ2) is 6.64. The molecule has 0 aromatic heterocycles. The second-order valence-electron chi connectivity index (χ2n) is 6.32. The Hall–Kier alpha value is -3.31. The summed E-state index contributed by atoms with van der Waals surface area (Å²) in [6, 6.07) is 11.2. The lowest BCUT2D eigenvalue weighted by molar-refractivity contribution is 0.0901. The number of nitriles is 2. The van der Waals surface area contributed by atoms with E-state index in [4.69, 9.17) is 10.00 Å². The van der Waals surface area contributed by atoms with Crippen LogP contribution in [-0.2, 0) is 0 Å². The number of nitrogens with one attached hydrogen (secondary N) is 1. The van der Waals surface area contributed by atoms with Crippen LogP contribution in [0.1, 0.15) is 22.8 Å². The SMILES string of the molecule is CC(C#N)(COc1cccc(C#N)c1)NC(=O)c1ccc(S(F)(F)(F)(F)F)cc1. The van der Waals surface area contributed by atoms with E-state index in [9.17, 15) is 29.5 Å². The van der Waals surface area contributed by atoms with Crippen LogP contribution in [0.15, 0.2) is 53.4 Å². The molecule has 1 atom stereocenters. The molecule has 0 heterocycles. The maximum absolute atomic E-state index is 12.7. The lowest BCUT2D eigenvalue weighted by atomic mass is 10.1. The van der Waals surface area contributed by atoms with E-state index in [-0.39, 0.29) is 30.1 Å². The van der Waals surface area contributed by atoms with E-state index in [1.165, 1.54) is 25.1 Å². The fourth-order valence-electron chi connectivity index (χ4n) is 2.17. The van der Waals surface area contributed by atoms with Gasteiger partial charge >= 0.3 is 10.2 Å². The summed E-state index contributed by atoms with van der Waals surface area (Å²) in [6.45, 7) is 0.968. The van der Waals surface area contributed by atoms with Crippen LogP contribution in [0.25, 0.3) is 0 Å². The molecule has 0 bridgehead atoms. The van der Waals surface area contributed by atoms with Gasteiger partial charge in [0.25, 0.3) is 5.91 Å². The first-order valence-electron chi connectivity index (χ1n) is 7.87. The topological polar surface area (TPSA) is 85.9 Å². The van der Waals surface area contributed by atoms with E-state index in [2.05, 4.69) is 5.32 Å². The molecular weight excluding hydrogens is 417 g/mol. The van der Waals surface area contributed by atoms with Crippen molar-refractivity contribution >= 4 is 16.1 Å². The Balaban J connectivity index is 2.13. The number of halogens is 5. The summed E-state index contributed by atoms with van der Waals surface area (Å²) >= 11 is 0. The molecule has 1 unspecified atom stereocenters. The zero-order valence-electron chi connectivity index (χ0n) is 14.8. The summed E-state index contributed by atoms with van der Waals surface area (Å²) in [5.41, 5.74) is -1.61. The Morgan fingerprint density at radius 2 is 1.72 bits per heavy atom. The molecule has 0 aliphatic rings. The Morgan fingerprint density at radius 1 is 1.10 bits per heavy atom. The van der Waals surface area contributed by atoms with Gasteiger partial charge in [0.05, 0.1) is 17.7 Å². The van der Waals surface area contributed by atoms with Crippen LogP contribution in [0, 0.1) is 22.7 Å². The maximum Gasteiger partial charge on any atom is 0.310 e. The van der Waals surface area contributed by atoms with Crippen molar-refractivity contribution in [3.63, 3.8) is 0 Å². The molecular formula is C18H14F5N3O2S. The first-order chi connectivity index (χ1) is 13.2. The van der Waals surface area contributed by atoms with E-state index >= 15 is 0 Å². The van der Waals surface area contributed by atoms with Crippen LogP contribution in [0.2, 0.25) is 0 Å². The molecule has 0 spiro atoms. The highest BCUT2D eigenvalue weighted by Crippen LogP contribution is 3.02. The summed E-state index contributed by atoms with van der Waals surface area (Å²) in [5, 5.41) is 20.5. The Labute approximate surface area is 163 Å². The van der Waals surface area contributed by atoms with E-state index in [1.807, 2.05) is 12.1 Å². The van der Waals surface area contributed by atoms with Gasteiger partial charge in [0.1, 0.15) is 17.3 Å². The third-order valence-electron chi connectivity index (χ3n) is 3.69. The van der Waals surface area contributed by atoms with E-state index < -0.39 is 26.6 Å². The number of amides is 1. The van der Waals surface area contributed by atoms with Crippen molar-refractivity contribution in [1.29, 1.82) is 10.5 Å². The number of ether oxygens (including phenoxy) is 1. The Morgan fingerprint density at radius 3 is 2.24 bits per heavy atom. The molecule has 154 valence electrons. The number of benzene rings is 2. The smallest absolute Gasteiger partial charge is 0.310 e. The normalized spacial score (nSPS) is 15.6. The maximum atomic E-state index is 12.7. The Kier molecular flexibility index (Phi) is 5.03. The van der Waals surface area contributed by atoms with E-state index in [0.29, 0.717) is 17.7 Å². The van der Waals surface area contributed by atoms with Crippen molar-refractivity contribution in [3.05, 3.63) is 59.7 Å². The lowest BCUT2D eigenvalue weighted by Gasteiger charge is -2.40. The first-order valence-corrected chi connectivity index (χ1v) is 9.82. The van der Waals surface area contributed by atoms with Crippen LogP contribution < -0.4 is 10.1 Å². The minimum absolute atomic E-state index is 0.115. The molecule has 2 rings (SSSR count).